The van der Waals surface area contributed by atoms with Gasteiger partial charge in [0.15, 0.2) is 0 Å². The number of hydrogen-bond acceptors (Lipinski definition) is 0. The number of rotatable bonds is 4. The number of allylic oxidation sites excluding steroid dienone is 5. The van der Waals surface area contributed by atoms with Crippen LogP contribution in [0.25, 0.3) is 0 Å². The van der Waals surface area contributed by atoms with Gasteiger partial charge in [-0.3, -0.25) is 0 Å². The van der Waals surface area contributed by atoms with E-state index >= 15 is 0 Å². The Bertz CT molecular complexity index is 200. The van der Waals surface area contributed by atoms with Gasteiger partial charge in [-0.05, 0) is 25.0 Å². The maximum atomic E-state index is 5.96. The molecule has 0 amide bonds. The first-order valence-corrected chi connectivity index (χ1v) is 4.85. The van der Waals surface area contributed by atoms with Gasteiger partial charge < -0.3 is 0 Å². The lowest BCUT2D eigenvalue weighted by Crippen LogP contribution is -1.80. The molecule has 0 unspecified atom stereocenters. The van der Waals surface area contributed by atoms with E-state index in [2.05, 4.69) is 6.92 Å². The highest BCUT2D eigenvalue weighted by Crippen LogP contribution is 2.20. The fourth-order valence-corrected chi connectivity index (χ4v) is 1.29. The van der Waals surface area contributed by atoms with Gasteiger partial charge in [0.05, 0.1) is 0 Å². The van der Waals surface area contributed by atoms with E-state index in [0.29, 0.717) is 0 Å². The Kier molecular flexibility index (Phi) is 7.33. The zero-order valence-corrected chi connectivity index (χ0v) is 8.99. The Hall–Kier alpha value is -0.200. The van der Waals surface area contributed by atoms with Gasteiger partial charge in [0.1, 0.15) is 0 Å². The van der Waals surface area contributed by atoms with Crippen molar-refractivity contribution in [3.8, 4) is 0 Å². The molecule has 0 nitrogen and oxygen atoms in total. The van der Waals surface area contributed by atoms with Crippen LogP contribution in [0.4, 0.5) is 0 Å². The SMILES string of the molecule is C\C=C/C=C(Cl)\C(=C\Cl)CCC. The van der Waals surface area contributed by atoms with E-state index in [0.717, 1.165) is 23.4 Å². The van der Waals surface area contributed by atoms with Crippen LogP contribution in [0.1, 0.15) is 26.7 Å². The molecule has 0 atom stereocenters. The first kappa shape index (κ1) is 11.8. The predicted molar refractivity (Wildman–Crippen MR) is 57.6 cm³/mol. The van der Waals surface area contributed by atoms with E-state index in [4.69, 9.17) is 23.2 Å². The summed E-state index contributed by atoms with van der Waals surface area (Å²) in [5.41, 5.74) is 2.55. The third-order valence-electron chi connectivity index (χ3n) is 1.39. The summed E-state index contributed by atoms with van der Waals surface area (Å²) in [6.07, 6.45) is 7.67. The molecule has 0 N–H and O–H groups in total. The van der Waals surface area contributed by atoms with Crippen LogP contribution in [0, 0.1) is 0 Å². The highest BCUT2D eigenvalue weighted by atomic mass is 35.5. The van der Waals surface area contributed by atoms with Crippen LogP contribution in [0.5, 0.6) is 0 Å². The monoisotopic (exact) mass is 204 g/mol. The van der Waals surface area contributed by atoms with Gasteiger partial charge in [0.2, 0.25) is 0 Å². The van der Waals surface area contributed by atoms with Crippen molar-refractivity contribution in [2.75, 3.05) is 0 Å². The largest absolute Gasteiger partial charge is 0.0926 e. The highest BCUT2D eigenvalue weighted by molar-refractivity contribution is 6.34. The van der Waals surface area contributed by atoms with Crippen molar-refractivity contribution in [3.63, 3.8) is 0 Å². The van der Waals surface area contributed by atoms with Gasteiger partial charge in [-0.2, -0.15) is 0 Å². The Morgan fingerprint density at radius 3 is 2.50 bits per heavy atom. The minimum absolute atomic E-state index is 0.727. The molecule has 0 saturated heterocycles. The Morgan fingerprint density at radius 1 is 1.42 bits per heavy atom. The Morgan fingerprint density at radius 2 is 2.08 bits per heavy atom. The number of hydrogen-bond donors (Lipinski definition) is 0. The van der Waals surface area contributed by atoms with Crippen molar-refractivity contribution in [3.05, 3.63) is 34.4 Å². The molecule has 0 bridgehead atoms. The van der Waals surface area contributed by atoms with Crippen LogP contribution in [0.3, 0.4) is 0 Å². The molecule has 0 aromatic heterocycles. The van der Waals surface area contributed by atoms with Gasteiger partial charge in [-0.25, -0.2) is 0 Å². The van der Waals surface area contributed by atoms with Crippen LogP contribution < -0.4 is 0 Å². The van der Waals surface area contributed by atoms with E-state index in [1.54, 1.807) is 5.54 Å². The molecule has 0 aliphatic heterocycles. The van der Waals surface area contributed by atoms with Crippen LogP contribution >= 0.6 is 23.2 Å². The Labute approximate surface area is 84.6 Å². The summed E-state index contributed by atoms with van der Waals surface area (Å²) in [4.78, 5) is 0. The third kappa shape index (κ3) is 4.63. The quantitative estimate of drug-likeness (QED) is 0.588. The molecule has 0 saturated carbocycles. The highest BCUT2D eigenvalue weighted by Gasteiger charge is 1.98. The third-order valence-corrected chi connectivity index (χ3v) is 2.02. The second-order valence-corrected chi connectivity index (χ2v) is 3.05. The average Bonchev–Trinajstić information content (AvgIpc) is 2.10. The van der Waals surface area contributed by atoms with Gasteiger partial charge in [-0.15, -0.1) is 0 Å². The molecular formula is C10H14Cl2. The molecule has 0 aromatic carbocycles. The van der Waals surface area contributed by atoms with Crippen molar-refractivity contribution in [2.45, 2.75) is 26.7 Å². The first-order chi connectivity index (χ1) is 5.76. The zero-order valence-electron chi connectivity index (χ0n) is 7.48. The maximum Gasteiger partial charge on any atom is 0.0446 e. The van der Waals surface area contributed by atoms with E-state index < -0.39 is 0 Å². The second kappa shape index (κ2) is 7.45. The van der Waals surface area contributed by atoms with Crippen molar-refractivity contribution >= 4 is 23.2 Å². The summed E-state index contributed by atoms with van der Waals surface area (Å²) >= 11 is 11.6. The minimum Gasteiger partial charge on any atom is -0.0926 e. The van der Waals surface area contributed by atoms with Crippen molar-refractivity contribution in [1.29, 1.82) is 0 Å². The smallest absolute Gasteiger partial charge is 0.0446 e. The van der Waals surface area contributed by atoms with Crippen molar-refractivity contribution in [1.82, 2.24) is 0 Å². The molecule has 12 heavy (non-hydrogen) atoms. The van der Waals surface area contributed by atoms with E-state index in [9.17, 15) is 0 Å². The molecule has 0 aliphatic carbocycles. The standard InChI is InChI=1S/C10H14Cl2/c1-3-5-7-10(12)9(8-11)6-4-2/h3,5,7-8H,4,6H2,1-2H3/b5-3-,9-8+,10-7+. The van der Waals surface area contributed by atoms with Crippen LogP contribution in [-0.4, -0.2) is 0 Å². The predicted octanol–water partition coefficient (Wildman–Crippen LogP) is 4.61. The molecule has 0 radical (unpaired) electrons. The van der Waals surface area contributed by atoms with Gasteiger partial charge in [0, 0.05) is 10.6 Å². The Balaban J connectivity index is 4.31. The summed E-state index contributed by atoms with van der Waals surface area (Å²) < 4.78 is 0. The van der Waals surface area contributed by atoms with Crippen LogP contribution in [-0.2, 0) is 0 Å². The molecule has 0 rings (SSSR count). The summed E-state index contributed by atoms with van der Waals surface area (Å²) in [5.74, 6) is 0. The molecule has 68 valence electrons. The molecular weight excluding hydrogens is 191 g/mol. The van der Waals surface area contributed by atoms with E-state index in [1.165, 1.54) is 0 Å². The first-order valence-electron chi connectivity index (χ1n) is 4.04. The van der Waals surface area contributed by atoms with Crippen molar-refractivity contribution in [2.24, 2.45) is 0 Å². The molecule has 0 aliphatic rings. The second-order valence-electron chi connectivity index (χ2n) is 2.42. The van der Waals surface area contributed by atoms with Gasteiger partial charge in [0.25, 0.3) is 0 Å². The maximum absolute atomic E-state index is 5.96. The summed E-state index contributed by atoms with van der Waals surface area (Å²) in [6.45, 7) is 4.05. The summed E-state index contributed by atoms with van der Waals surface area (Å²) in [7, 11) is 0. The molecule has 0 fully saturated rings. The summed E-state index contributed by atoms with van der Waals surface area (Å²) in [6, 6.07) is 0. The molecule has 2 heteroatoms. The zero-order chi connectivity index (χ0) is 9.40. The lowest BCUT2D eigenvalue weighted by atomic mass is 10.1. The fraction of sp³-hybridized carbons (Fsp3) is 0.400. The van der Waals surface area contributed by atoms with Crippen LogP contribution in [0.15, 0.2) is 34.4 Å². The van der Waals surface area contributed by atoms with Crippen LogP contribution in [0.2, 0.25) is 0 Å². The molecule has 0 aromatic rings. The van der Waals surface area contributed by atoms with Crippen molar-refractivity contribution < 1.29 is 0 Å². The normalized spacial score (nSPS) is 14.3. The minimum atomic E-state index is 0.727. The number of halogens is 2. The van der Waals surface area contributed by atoms with E-state index in [1.807, 2.05) is 25.2 Å². The topological polar surface area (TPSA) is 0 Å². The van der Waals surface area contributed by atoms with Gasteiger partial charge >= 0.3 is 0 Å². The average molecular weight is 205 g/mol. The van der Waals surface area contributed by atoms with Gasteiger partial charge in [-0.1, -0.05) is 48.7 Å². The fourth-order valence-electron chi connectivity index (χ4n) is 0.783. The lowest BCUT2D eigenvalue weighted by molar-refractivity contribution is 0.925. The molecule has 0 spiro atoms. The van der Waals surface area contributed by atoms with E-state index in [-0.39, 0.29) is 0 Å². The molecule has 0 heterocycles. The summed E-state index contributed by atoms with van der Waals surface area (Å²) in [5, 5.41) is 0.727. The lowest BCUT2D eigenvalue weighted by Gasteiger charge is -2.00.